The summed E-state index contributed by atoms with van der Waals surface area (Å²) in [5.41, 5.74) is 1.85. The Morgan fingerprint density at radius 2 is 2.14 bits per heavy atom. The first-order chi connectivity index (χ1) is 10.2. The Kier molecular flexibility index (Phi) is 3.32. The monoisotopic (exact) mass is 300 g/mol. The van der Waals surface area contributed by atoms with Crippen molar-refractivity contribution in [2.75, 3.05) is 13.1 Å². The van der Waals surface area contributed by atoms with Gasteiger partial charge in [0.2, 0.25) is 0 Å². The molecule has 2 aromatic rings. The predicted octanol–water partition coefficient (Wildman–Crippen LogP) is 3.86. The molecule has 1 aromatic carbocycles. The summed E-state index contributed by atoms with van der Waals surface area (Å²) in [6.07, 6.45) is 2.82. The molecule has 21 heavy (non-hydrogen) atoms. The fraction of sp³-hybridized carbons (Fsp3) is 0.556. The van der Waals surface area contributed by atoms with E-state index < -0.39 is 0 Å². The van der Waals surface area contributed by atoms with Gasteiger partial charge in [-0.25, -0.2) is 0 Å². The maximum absolute atomic E-state index is 3.70. The van der Waals surface area contributed by atoms with Gasteiger partial charge in [0.05, 0.1) is 0 Å². The molecule has 3 heteroatoms. The largest absolute Gasteiger partial charge is 0.311 e. The molecule has 0 bridgehead atoms. The molecule has 112 valence electrons. The standard InChI is InChI=1S/C18H24N2S/c1-13-9-20(18(2,12-19-13)15-7-8-15)10-14-11-21-17-6-4-3-5-16(14)17/h3-6,11,13,15,19H,7-10,12H2,1-2H3. The van der Waals surface area contributed by atoms with E-state index in [2.05, 4.69) is 53.7 Å². The summed E-state index contributed by atoms with van der Waals surface area (Å²) in [6.45, 7) is 8.18. The second-order valence-corrected chi connectivity index (χ2v) is 7.96. The van der Waals surface area contributed by atoms with E-state index >= 15 is 0 Å². The smallest absolute Gasteiger partial charge is 0.0346 e. The summed E-state index contributed by atoms with van der Waals surface area (Å²) >= 11 is 1.89. The predicted molar refractivity (Wildman–Crippen MR) is 90.8 cm³/mol. The summed E-state index contributed by atoms with van der Waals surface area (Å²) in [7, 11) is 0. The van der Waals surface area contributed by atoms with Crippen LogP contribution >= 0.6 is 11.3 Å². The lowest BCUT2D eigenvalue weighted by Crippen LogP contribution is -2.63. The van der Waals surface area contributed by atoms with Crippen molar-refractivity contribution in [2.24, 2.45) is 5.92 Å². The van der Waals surface area contributed by atoms with Crippen LogP contribution in [-0.2, 0) is 6.54 Å². The van der Waals surface area contributed by atoms with Crippen LogP contribution in [0.25, 0.3) is 10.1 Å². The molecule has 4 rings (SSSR count). The van der Waals surface area contributed by atoms with Gasteiger partial charge in [-0.3, -0.25) is 4.90 Å². The van der Waals surface area contributed by atoms with Gasteiger partial charge in [0, 0.05) is 35.9 Å². The summed E-state index contributed by atoms with van der Waals surface area (Å²) in [5.74, 6) is 0.891. The molecule has 1 N–H and O–H groups in total. The highest BCUT2D eigenvalue weighted by Crippen LogP contribution is 2.44. The summed E-state index contributed by atoms with van der Waals surface area (Å²) < 4.78 is 1.42. The van der Waals surface area contributed by atoms with Gasteiger partial charge in [-0.1, -0.05) is 18.2 Å². The molecule has 1 saturated heterocycles. The molecule has 2 unspecified atom stereocenters. The van der Waals surface area contributed by atoms with E-state index in [-0.39, 0.29) is 0 Å². The van der Waals surface area contributed by atoms with Crippen LogP contribution in [0, 0.1) is 5.92 Å². The van der Waals surface area contributed by atoms with Crippen molar-refractivity contribution < 1.29 is 0 Å². The van der Waals surface area contributed by atoms with Crippen molar-refractivity contribution in [3.05, 3.63) is 35.2 Å². The van der Waals surface area contributed by atoms with E-state index in [1.807, 2.05) is 11.3 Å². The van der Waals surface area contributed by atoms with Crippen molar-refractivity contribution >= 4 is 21.4 Å². The van der Waals surface area contributed by atoms with Crippen LogP contribution in [0.3, 0.4) is 0 Å². The first-order valence-electron chi connectivity index (χ1n) is 8.10. The summed E-state index contributed by atoms with van der Waals surface area (Å²) in [4.78, 5) is 2.75. The van der Waals surface area contributed by atoms with Crippen LogP contribution < -0.4 is 5.32 Å². The minimum absolute atomic E-state index is 0.343. The number of piperazine rings is 1. The molecular weight excluding hydrogens is 276 g/mol. The van der Waals surface area contributed by atoms with Crippen molar-refractivity contribution in [3.8, 4) is 0 Å². The number of nitrogens with one attached hydrogen (secondary N) is 1. The lowest BCUT2D eigenvalue weighted by atomic mass is 9.89. The Morgan fingerprint density at radius 3 is 2.95 bits per heavy atom. The van der Waals surface area contributed by atoms with Crippen LogP contribution in [0.2, 0.25) is 0 Å². The lowest BCUT2D eigenvalue weighted by molar-refractivity contribution is 0.0316. The Bertz CT molecular complexity index is 645. The average Bonchev–Trinajstić information content (AvgIpc) is 3.27. The molecule has 2 aliphatic rings. The molecule has 1 aliphatic carbocycles. The zero-order valence-electron chi connectivity index (χ0n) is 12.9. The maximum Gasteiger partial charge on any atom is 0.0346 e. The van der Waals surface area contributed by atoms with Gasteiger partial charge in [-0.15, -0.1) is 11.3 Å². The fourth-order valence-electron chi connectivity index (χ4n) is 3.81. The molecule has 0 radical (unpaired) electrons. The average molecular weight is 300 g/mol. The van der Waals surface area contributed by atoms with Crippen molar-refractivity contribution in [1.82, 2.24) is 10.2 Å². The van der Waals surface area contributed by atoms with Gasteiger partial charge in [-0.2, -0.15) is 0 Å². The highest BCUT2D eigenvalue weighted by molar-refractivity contribution is 7.17. The quantitative estimate of drug-likeness (QED) is 0.926. The maximum atomic E-state index is 3.70. The highest BCUT2D eigenvalue weighted by Gasteiger charge is 2.47. The number of hydrogen-bond acceptors (Lipinski definition) is 3. The molecule has 2 heterocycles. The molecule has 0 amide bonds. The van der Waals surface area contributed by atoms with Gasteiger partial charge in [0.15, 0.2) is 0 Å². The van der Waals surface area contributed by atoms with Gasteiger partial charge in [-0.05, 0) is 55.0 Å². The van der Waals surface area contributed by atoms with E-state index in [1.165, 1.54) is 28.5 Å². The molecule has 1 aliphatic heterocycles. The summed E-state index contributed by atoms with van der Waals surface area (Å²) in [6, 6.07) is 9.43. The first kappa shape index (κ1) is 13.7. The molecule has 2 fully saturated rings. The zero-order chi connectivity index (χ0) is 14.4. The normalized spacial score (nSPS) is 30.9. The topological polar surface area (TPSA) is 15.3 Å². The zero-order valence-corrected chi connectivity index (χ0v) is 13.7. The number of benzene rings is 1. The SMILES string of the molecule is CC1CN(Cc2csc3ccccc23)C(C)(C2CC2)CN1. The Morgan fingerprint density at radius 1 is 1.33 bits per heavy atom. The van der Waals surface area contributed by atoms with E-state index in [0.717, 1.165) is 25.6 Å². The first-order valence-corrected chi connectivity index (χ1v) is 8.98. The fourth-order valence-corrected chi connectivity index (χ4v) is 4.76. The number of hydrogen-bond donors (Lipinski definition) is 1. The third kappa shape index (κ3) is 2.41. The van der Waals surface area contributed by atoms with Crippen LogP contribution in [0.5, 0.6) is 0 Å². The minimum atomic E-state index is 0.343. The van der Waals surface area contributed by atoms with Crippen LogP contribution in [-0.4, -0.2) is 29.6 Å². The third-order valence-corrected chi connectivity index (χ3v) is 6.42. The highest BCUT2D eigenvalue weighted by atomic mass is 32.1. The molecule has 0 spiro atoms. The number of rotatable bonds is 3. The van der Waals surface area contributed by atoms with Crippen molar-refractivity contribution in [3.63, 3.8) is 0 Å². The van der Waals surface area contributed by atoms with E-state index in [0.29, 0.717) is 11.6 Å². The van der Waals surface area contributed by atoms with Crippen molar-refractivity contribution in [1.29, 1.82) is 0 Å². The number of thiophene rings is 1. The second kappa shape index (κ2) is 5.08. The number of nitrogens with zero attached hydrogens (tertiary/aromatic N) is 1. The molecule has 1 saturated carbocycles. The molecule has 2 nitrogen and oxygen atoms in total. The summed E-state index contributed by atoms with van der Waals surface area (Å²) in [5, 5.41) is 7.52. The van der Waals surface area contributed by atoms with E-state index in [1.54, 1.807) is 0 Å². The van der Waals surface area contributed by atoms with E-state index in [4.69, 9.17) is 0 Å². The minimum Gasteiger partial charge on any atom is -0.311 e. The van der Waals surface area contributed by atoms with Gasteiger partial charge in [0.25, 0.3) is 0 Å². The Hall–Kier alpha value is -0.900. The van der Waals surface area contributed by atoms with Crippen LogP contribution in [0.4, 0.5) is 0 Å². The number of fused-ring (bicyclic) bond motifs is 1. The molecular formula is C18H24N2S. The van der Waals surface area contributed by atoms with Gasteiger partial charge < -0.3 is 5.32 Å². The third-order valence-electron chi connectivity index (χ3n) is 5.40. The van der Waals surface area contributed by atoms with Crippen LogP contribution in [0.15, 0.2) is 29.6 Å². The molecule has 2 atom stereocenters. The van der Waals surface area contributed by atoms with Gasteiger partial charge in [0.1, 0.15) is 0 Å². The Balaban J connectivity index is 1.64. The lowest BCUT2D eigenvalue weighted by Gasteiger charge is -2.48. The second-order valence-electron chi connectivity index (χ2n) is 7.05. The van der Waals surface area contributed by atoms with Crippen molar-refractivity contribution in [2.45, 2.75) is 44.8 Å². The van der Waals surface area contributed by atoms with Crippen LogP contribution in [0.1, 0.15) is 32.3 Å². The van der Waals surface area contributed by atoms with E-state index in [9.17, 15) is 0 Å². The Labute approximate surface area is 131 Å². The molecule has 1 aromatic heterocycles. The van der Waals surface area contributed by atoms with Gasteiger partial charge >= 0.3 is 0 Å².